The Labute approximate surface area is 111 Å². The lowest BCUT2D eigenvalue weighted by Gasteiger charge is -2.04. The molecule has 7 heteroatoms. The maximum absolute atomic E-state index is 11.5. The molecule has 0 bridgehead atoms. The molecular formula is C11H7Cl2NO4. The smallest absolute Gasteiger partial charge is 0.416 e. The molecule has 0 fully saturated rings. The van der Waals surface area contributed by atoms with Crippen LogP contribution in [0, 0.1) is 0 Å². The molecule has 5 nitrogen and oxygen atoms in total. The number of fused-ring (bicyclic) bond motifs is 1. The quantitative estimate of drug-likeness (QED) is 0.818. The van der Waals surface area contributed by atoms with Gasteiger partial charge in [0.05, 0.1) is 22.7 Å². The van der Waals surface area contributed by atoms with E-state index in [0.717, 1.165) is 11.7 Å². The van der Waals surface area contributed by atoms with Crippen molar-refractivity contribution in [3.8, 4) is 0 Å². The predicted octanol–water partition coefficient (Wildman–Crippen LogP) is 3.26. The Balaban J connectivity index is 2.93. The monoisotopic (exact) mass is 287 g/mol. The van der Waals surface area contributed by atoms with E-state index < -0.39 is 12.1 Å². The molecule has 0 amide bonds. The first-order chi connectivity index (χ1) is 8.47. The van der Waals surface area contributed by atoms with Crippen LogP contribution in [-0.2, 0) is 4.74 Å². The summed E-state index contributed by atoms with van der Waals surface area (Å²) in [6, 6.07) is 4.33. The second kappa shape index (κ2) is 4.51. The number of carbonyl (C=O) groups excluding carboxylic acids is 1. The summed E-state index contributed by atoms with van der Waals surface area (Å²) >= 11 is 11.9. The van der Waals surface area contributed by atoms with E-state index in [9.17, 15) is 9.59 Å². The van der Waals surface area contributed by atoms with E-state index in [4.69, 9.17) is 28.3 Å². The fourth-order valence-corrected chi connectivity index (χ4v) is 2.15. The summed E-state index contributed by atoms with van der Waals surface area (Å²) in [5.41, 5.74) is 0.0204. The molecule has 0 atom stereocenters. The highest BCUT2D eigenvalue weighted by molar-refractivity contribution is 6.40. The molecule has 94 valence electrons. The molecular weight excluding hydrogens is 281 g/mol. The number of benzene rings is 1. The van der Waals surface area contributed by atoms with Crippen LogP contribution in [0.4, 0.5) is 4.79 Å². The first-order valence-electron chi connectivity index (χ1n) is 4.78. The average Bonchev–Trinajstić information content (AvgIpc) is 2.74. The van der Waals surface area contributed by atoms with E-state index in [1.54, 1.807) is 0 Å². The van der Waals surface area contributed by atoms with Gasteiger partial charge in [-0.2, -0.15) is 0 Å². The zero-order chi connectivity index (χ0) is 13.4. The molecule has 0 saturated heterocycles. The lowest BCUT2D eigenvalue weighted by molar-refractivity contribution is 0.0588. The van der Waals surface area contributed by atoms with E-state index in [0.29, 0.717) is 10.4 Å². The van der Waals surface area contributed by atoms with Crippen LogP contribution in [0.5, 0.6) is 0 Å². The van der Waals surface area contributed by atoms with Crippen LogP contribution in [0.15, 0.2) is 18.2 Å². The van der Waals surface area contributed by atoms with Crippen molar-refractivity contribution in [1.29, 1.82) is 0 Å². The van der Waals surface area contributed by atoms with Gasteiger partial charge in [-0.15, -0.1) is 0 Å². The van der Waals surface area contributed by atoms with Gasteiger partial charge in [-0.25, -0.2) is 14.2 Å². The molecule has 0 radical (unpaired) electrons. The number of esters is 1. The molecule has 0 aliphatic rings. The molecule has 0 saturated carbocycles. The number of methoxy groups -OCH3 is 1. The number of hydrogen-bond donors (Lipinski definition) is 1. The topological polar surface area (TPSA) is 68.5 Å². The van der Waals surface area contributed by atoms with Crippen molar-refractivity contribution in [3.05, 3.63) is 33.9 Å². The first kappa shape index (κ1) is 12.7. The summed E-state index contributed by atoms with van der Waals surface area (Å²) in [6.07, 6.45) is -1.34. The number of halogens is 2. The van der Waals surface area contributed by atoms with Crippen molar-refractivity contribution in [2.75, 3.05) is 7.11 Å². The van der Waals surface area contributed by atoms with E-state index in [1.165, 1.54) is 18.2 Å². The summed E-state index contributed by atoms with van der Waals surface area (Å²) in [6.45, 7) is 0. The van der Waals surface area contributed by atoms with Crippen LogP contribution in [0.25, 0.3) is 10.9 Å². The maximum atomic E-state index is 11.5. The highest BCUT2D eigenvalue weighted by atomic mass is 35.5. The zero-order valence-corrected chi connectivity index (χ0v) is 10.6. The maximum Gasteiger partial charge on any atom is 0.416 e. The Morgan fingerprint density at radius 2 is 1.89 bits per heavy atom. The number of rotatable bonds is 1. The third-order valence-corrected chi connectivity index (χ3v) is 3.08. The molecule has 0 unspecified atom stereocenters. The van der Waals surface area contributed by atoms with Crippen molar-refractivity contribution in [2.24, 2.45) is 0 Å². The first-order valence-corrected chi connectivity index (χ1v) is 5.54. The second-order valence-corrected chi connectivity index (χ2v) is 4.25. The fourth-order valence-electron chi connectivity index (χ4n) is 1.70. The van der Waals surface area contributed by atoms with Gasteiger partial charge in [0.2, 0.25) is 0 Å². The second-order valence-electron chi connectivity index (χ2n) is 3.43. The molecule has 1 aromatic carbocycles. The number of ether oxygens (including phenoxy) is 1. The van der Waals surface area contributed by atoms with Crippen molar-refractivity contribution in [1.82, 2.24) is 4.57 Å². The van der Waals surface area contributed by atoms with Gasteiger partial charge in [-0.05, 0) is 18.2 Å². The van der Waals surface area contributed by atoms with Crippen molar-refractivity contribution >= 4 is 46.2 Å². The summed E-state index contributed by atoms with van der Waals surface area (Å²) in [5.74, 6) is -0.777. The molecule has 0 aliphatic carbocycles. The lowest BCUT2D eigenvalue weighted by Crippen LogP contribution is -2.16. The Morgan fingerprint density at radius 1 is 1.28 bits per heavy atom. The van der Waals surface area contributed by atoms with Crippen LogP contribution < -0.4 is 0 Å². The third kappa shape index (κ3) is 1.81. The van der Waals surface area contributed by atoms with Crippen LogP contribution in [0.2, 0.25) is 10.0 Å². The number of aromatic nitrogens is 1. The predicted molar refractivity (Wildman–Crippen MR) is 66.7 cm³/mol. The van der Waals surface area contributed by atoms with Gasteiger partial charge in [0.1, 0.15) is 5.69 Å². The molecule has 0 spiro atoms. The van der Waals surface area contributed by atoms with Gasteiger partial charge < -0.3 is 9.84 Å². The van der Waals surface area contributed by atoms with Crippen molar-refractivity contribution < 1.29 is 19.4 Å². The third-order valence-electron chi connectivity index (χ3n) is 2.45. The van der Waals surface area contributed by atoms with Crippen LogP contribution >= 0.6 is 23.2 Å². The average molecular weight is 288 g/mol. The molecule has 2 aromatic rings. The molecule has 1 heterocycles. The number of hydrogen-bond acceptors (Lipinski definition) is 3. The van der Waals surface area contributed by atoms with Crippen molar-refractivity contribution in [2.45, 2.75) is 0 Å². The molecule has 18 heavy (non-hydrogen) atoms. The molecule has 1 aromatic heterocycles. The van der Waals surface area contributed by atoms with Crippen LogP contribution in [0.1, 0.15) is 10.5 Å². The number of carboxylic acid groups (broad SMARTS) is 1. The summed E-state index contributed by atoms with van der Waals surface area (Å²) in [4.78, 5) is 22.8. The van der Waals surface area contributed by atoms with E-state index >= 15 is 0 Å². The SMILES string of the molecule is COC(=O)c1cc2c(Cl)ccc(Cl)c2n1C(=O)O. The molecule has 0 aliphatic heterocycles. The highest BCUT2D eigenvalue weighted by Gasteiger charge is 2.23. The Kier molecular flexibility index (Phi) is 3.19. The summed E-state index contributed by atoms with van der Waals surface area (Å²) in [5, 5.41) is 10.0. The minimum Gasteiger partial charge on any atom is -0.464 e. The van der Waals surface area contributed by atoms with Crippen LogP contribution in [0.3, 0.4) is 0 Å². The van der Waals surface area contributed by atoms with E-state index in [1.807, 2.05) is 0 Å². The van der Waals surface area contributed by atoms with Gasteiger partial charge >= 0.3 is 12.1 Å². The minimum absolute atomic E-state index is 0.144. The van der Waals surface area contributed by atoms with Gasteiger partial charge in [0.15, 0.2) is 0 Å². The molecule has 2 rings (SSSR count). The zero-order valence-electron chi connectivity index (χ0n) is 9.11. The summed E-state index contributed by atoms with van der Waals surface area (Å²) in [7, 11) is 1.16. The summed E-state index contributed by atoms with van der Waals surface area (Å²) < 4.78 is 5.29. The van der Waals surface area contributed by atoms with E-state index in [2.05, 4.69) is 4.74 Å². The standard InChI is InChI=1S/C11H7Cl2NO4/c1-18-10(15)8-4-5-6(12)2-3-7(13)9(5)14(8)11(16)17/h2-4H,1H3,(H,16,17). The number of nitrogens with zero attached hydrogens (tertiary/aromatic N) is 1. The van der Waals surface area contributed by atoms with Gasteiger partial charge in [0.25, 0.3) is 0 Å². The number of carbonyl (C=O) groups is 2. The Hall–Kier alpha value is -1.72. The Morgan fingerprint density at radius 3 is 2.44 bits per heavy atom. The van der Waals surface area contributed by atoms with Crippen LogP contribution in [-0.4, -0.2) is 28.8 Å². The van der Waals surface area contributed by atoms with Gasteiger partial charge in [0, 0.05) is 5.39 Å². The van der Waals surface area contributed by atoms with E-state index in [-0.39, 0.29) is 16.2 Å². The Bertz CT molecular complexity index is 663. The molecule has 1 N–H and O–H groups in total. The normalized spacial score (nSPS) is 10.6. The fraction of sp³-hybridized carbons (Fsp3) is 0.0909. The lowest BCUT2D eigenvalue weighted by atomic mass is 10.2. The van der Waals surface area contributed by atoms with Crippen molar-refractivity contribution in [3.63, 3.8) is 0 Å². The van der Waals surface area contributed by atoms with Gasteiger partial charge in [-0.3, -0.25) is 0 Å². The minimum atomic E-state index is -1.34. The highest BCUT2D eigenvalue weighted by Crippen LogP contribution is 2.32. The largest absolute Gasteiger partial charge is 0.464 e. The van der Waals surface area contributed by atoms with Gasteiger partial charge in [-0.1, -0.05) is 23.2 Å².